The molecule has 2 aliphatic rings. The number of hydrogen-bond acceptors (Lipinski definition) is 2. The number of benzene rings is 1. The van der Waals surface area contributed by atoms with Crippen molar-refractivity contribution in [3.8, 4) is 0 Å². The van der Waals surface area contributed by atoms with Crippen LogP contribution in [0.3, 0.4) is 0 Å². The fraction of sp³-hybridized carbons (Fsp3) is 0.588. The SMILES string of the molecule is CC1(C)CN(C(=O)[C@@H]2CCC[C@@H]2CN)c2cccc(Cl)c21. The van der Waals surface area contributed by atoms with Crippen LogP contribution in [0.15, 0.2) is 18.2 Å². The van der Waals surface area contributed by atoms with E-state index in [0.717, 1.165) is 35.5 Å². The van der Waals surface area contributed by atoms with Crippen LogP contribution in [0, 0.1) is 11.8 Å². The number of nitrogens with two attached hydrogens (primary N) is 1. The minimum atomic E-state index is -0.0971. The van der Waals surface area contributed by atoms with Gasteiger partial charge in [-0.15, -0.1) is 0 Å². The minimum absolute atomic E-state index is 0.0794. The van der Waals surface area contributed by atoms with Gasteiger partial charge in [-0.3, -0.25) is 4.79 Å². The van der Waals surface area contributed by atoms with Crippen molar-refractivity contribution >= 4 is 23.2 Å². The molecule has 2 N–H and O–H groups in total. The average Bonchev–Trinajstić information content (AvgIpc) is 3.01. The molecule has 1 aliphatic carbocycles. The van der Waals surface area contributed by atoms with Gasteiger partial charge < -0.3 is 10.6 Å². The van der Waals surface area contributed by atoms with E-state index in [4.69, 9.17) is 17.3 Å². The lowest BCUT2D eigenvalue weighted by Gasteiger charge is -2.26. The number of amides is 1. The Kier molecular flexibility index (Phi) is 3.74. The van der Waals surface area contributed by atoms with Gasteiger partial charge in [0, 0.05) is 34.2 Å². The summed E-state index contributed by atoms with van der Waals surface area (Å²) in [5.74, 6) is 0.650. The van der Waals surface area contributed by atoms with E-state index in [9.17, 15) is 4.79 Å². The molecule has 0 spiro atoms. The van der Waals surface area contributed by atoms with Crippen molar-refractivity contribution in [2.75, 3.05) is 18.0 Å². The van der Waals surface area contributed by atoms with Gasteiger partial charge in [0.2, 0.25) is 5.91 Å². The first-order valence-corrected chi connectivity index (χ1v) is 8.14. The third-order valence-electron chi connectivity index (χ3n) is 5.06. The lowest BCUT2D eigenvalue weighted by Crippen LogP contribution is -2.40. The van der Waals surface area contributed by atoms with Gasteiger partial charge in [0.1, 0.15) is 0 Å². The molecule has 1 saturated carbocycles. The van der Waals surface area contributed by atoms with E-state index in [1.165, 1.54) is 0 Å². The van der Waals surface area contributed by atoms with Crippen LogP contribution < -0.4 is 10.6 Å². The highest BCUT2D eigenvalue weighted by molar-refractivity contribution is 6.32. The van der Waals surface area contributed by atoms with Gasteiger partial charge in [0.25, 0.3) is 0 Å². The molecular formula is C17H23ClN2O. The Balaban J connectivity index is 1.95. The van der Waals surface area contributed by atoms with Crippen LogP contribution in [0.1, 0.15) is 38.7 Å². The van der Waals surface area contributed by atoms with Gasteiger partial charge in [-0.2, -0.15) is 0 Å². The Labute approximate surface area is 131 Å². The first-order valence-electron chi connectivity index (χ1n) is 7.76. The maximum absolute atomic E-state index is 13.0. The van der Waals surface area contributed by atoms with Crippen LogP contribution in [0.5, 0.6) is 0 Å². The third kappa shape index (κ3) is 2.36. The van der Waals surface area contributed by atoms with Gasteiger partial charge >= 0.3 is 0 Å². The molecule has 0 unspecified atom stereocenters. The maximum atomic E-state index is 13.0. The predicted octanol–water partition coefficient (Wildman–Crippen LogP) is 3.34. The fourth-order valence-corrected chi connectivity index (χ4v) is 4.43. The van der Waals surface area contributed by atoms with E-state index in [1.807, 2.05) is 23.1 Å². The third-order valence-corrected chi connectivity index (χ3v) is 5.37. The molecule has 0 aromatic heterocycles. The number of fused-ring (bicyclic) bond motifs is 1. The molecule has 114 valence electrons. The van der Waals surface area contributed by atoms with Crippen LogP contribution in [0.2, 0.25) is 5.02 Å². The number of halogens is 1. The van der Waals surface area contributed by atoms with Crippen molar-refractivity contribution in [2.24, 2.45) is 17.6 Å². The Morgan fingerprint density at radius 1 is 1.43 bits per heavy atom. The lowest BCUT2D eigenvalue weighted by atomic mass is 9.87. The van der Waals surface area contributed by atoms with Crippen molar-refractivity contribution in [2.45, 2.75) is 38.5 Å². The summed E-state index contributed by atoms with van der Waals surface area (Å²) in [5, 5.41) is 0.759. The first-order chi connectivity index (χ1) is 9.95. The summed E-state index contributed by atoms with van der Waals surface area (Å²) in [4.78, 5) is 15.0. The minimum Gasteiger partial charge on any atom is -0.330 e. The molecule has 1 amide bonds. The number of carbonyl (C=O) groups excluding carboxylic acids is 1. The molecule has 1 fully saturated rings. The molecule has 1 aliphatic heterocycles. The van der Waals surface area contributed by atoms with Crippen molar-refractivity contribution in [3.63, 3.8) is 0 Å². The lowest BCUT2D eigenvalue weighted by molar-refractivity contribution is -0.123. The Morgan fingerprint density at radius 3 is 2.90 bits per heavy atom. The zero-order valence-corrected chi connectivity index (χ0v) is 13.5. The van der Waals surface area contributed by atoms with Crippen LogP contribution in [0.4, 0.5) is 5.69 Å². The number of nitrogens with zero attached hydrogens (tertiary/aromatic N) is 1. The molecule has 0 radical (unpaired) electrons. The largest absolute Gasteiger partial charge is 0.330 e. The summed E-state index contributed by atoms with van der Waals surface area (Å²) in [6.45, 7) is 5.62. The van der Waals surface area contributed by atoms with Crippen molar-refractivity contribution in [1.29, 1.82) is 0 Å². The van der Waals surface area contributed by atoms with E-state index < -0.39 is 0 Å². The van der Waals surface area contributed by atoms with Crippen LogP contribution in [0.25, 0.3) is 0 Å². The quantitative estimate of drug-likeness (QED) is 0.911. The van der Waals surface area contributed by atoms with E-state index in [1.54, 1.807) is 0 Å². The summed E-state index contributed by atoms with van der Waals surface area (Å²) in [5.41, 5.74) is 7.83. The number of hydrogen-bond donors (Lipinski definition) is 1. The zero-order chi connectivity index (χ0) is 15.2. The highest BCUT2D eigenvalue weighted by Gasteiger charge is 2.43. The Bertz CT molecular complexity index is 570. The topological polar surface area (TPSA) is 46.3 Å². The summed E-state index contributed by atoms with van der Waals surface area (Å²) >= 11 is 6.38. The average molecular weight is 307 g/mol. The fourth-order valence-electron chi connectivity index (χ4n) is 4.01. The molecule has 0 bridgehead atoms. The maximum Gasteiger partial charge on any atom is 0.230 e. The molecule has 1 aromatic rings. The summed E-state index contributed by atoms with van der Waals surface area (Å²) in [6.07, 6.45) is 3.15. The smallest absolute Gasteiger partial charge is 0.230 e. The molecule has 3 rings (SSSR count). The molecule has 21 heavy (non-hydrogen) atoms. The van der Waals surface area contributed by atoms with Gasteiger partial charge in [-0.05, 0) is 37.4 Å². The van der Waals surface area contributed by atoms with Crippen LogP contribution in [-0.2, 0) is 10.2 Å². The number of carbonyl (C=O) groups is 1. The number of rotatable bonds is 2. The highest BCUT2D eigenvalue weighted by Crippen LogP contribution is 2.46. The summed E-state index contributed by atoms with van der Waals surface area (Å²) < 4.78 is 0. The van der Waals surface area contributed by atoms with E-state index in [2.05, 4.69) is 13.8 Å². The van der Waals surface area contributed by atoms with Gasteiger partial charge in [-0.1, -0.05) is 37.9 Å². The standard InChI is InChI=1S/C17H23ClN2O/c1-17(2)10-20(14-8-4-7-13(18)15(14)17)16(21)12-6-3-5-11(12)9-19/h4,7-8,11-12H,3,5-6,9-10,19H2,1-2H3/t11-,12-/m1/s1. The van der Waals surface area contributed by atoms with Gasteiger partial charge in [0.05, 0.1) is 0 Å². The Hall–Kier alpha value is -1.06. The van der Waals surface area contributed by atoms with Crippen molar-refractivity contribution < 1.29 is 4.79 Å². The molecule has 4 heteroatoms. The zero-order valence-electron chi connectivity index (χ0n) is 12.7. The highest BCUT2D eigenvalue weighted by atomic mass is 35.5. The van der Waals surface area contributed by atoms with Gasteiger partial charge in [-0.25, -0.2) is 0 Å². The normalized spacial score (nSPS) is 27.0. The monoisotopic (exact) mass is 306 g/mol. The van der Waals surface area contributed by atoms with Crippen LogP contribution >= 0.6 is 11.6 Å². The number of anilines is 1. The predicted molar refractivity (Wildman–Crippen MR) is 86.7 cm³/mol. The van der Waals surface area contributed by atoms with Crippen LogP contribution in [-0.4, -0.2) is 19.0 Å². The molecule has 0 saturated heterocycles. The molecule has 1 aromatic carbocycles. The molecule has 3 nitrogen and oxygen atoms in total. The molecular weight excluding hydrogens is 284 g/mol. The summed E-state index contributed by atoms with van der Waals surface area (Å²) in [6, 6.07) is 5.85. The Morgan fingerprint density at radius 2 is 2.19 bits per heavy atom. The second kappa shape index (κ2) is 5.29. The van der Waals surface area contributed by atoms with Gasteiger partial charge in [0.15, 0.2) is 0 Å². The van der Waals surface area contributed by atoms with Crippen molar-refractivity contribution in [3.05, 3.63) is 28.8 Å². The van der Waals surface area contributed by atoms with E-state index >= 15 is 0 Å². The van der Waals surface area contributed by atoms with E-state index in [0.29, 0.717) is 19.0 Å². The first kappa shape index (κ1) is 14.9. The second-order valence-electron chi connectivity index (χ2n) is 6.98. The van der Waals surface area contributed by atoms with E-state index in [-0.39, 0.29) is 17.2 Å². The second-order valence-corrected chi connectivity index (χ2v) is 7.38. The molecule has 1 heterocycles. The summed E-state index contributed by atoms with van der Waals surface area (Å²) in [7, 11) is 0. The van der Waals surface area contributed by atoms with Crippen molar-refractivity contribution in [1.82, 2.24) is 0 Å². The molecule has 2 atom stereocenters.